The van der Waals surface area contributed by atoms with E-state index in [4.69, 9.17) is 9.47 Å². The Kier molecular flexibility index (Phi) is 8.34. The van der Waals surface area contributed by atoms with Gasteiger partial charge in [-0.05, 0) is 81.1 Å². The maximum Gasteiger partial charge on any atom is 0.149 e. The van der Waals surface area contributed by atoms with Crippen molar-refractivity contribution in [1.29, 1.82) is 0 Å². The lowest BCUT2D eigenvalue weighted by molar-refractivity contribution is 0.183. The van der Waals surface area contributed by atoms with Crippen LogP contribution in [0.25, 0.3) is 10.1 Å². The number of fused-ring (bicyclic) bond motifs is 1. The molecule has 0 bridgehead atoms. The summed E-state index contributed by atoms with van der Waals surface area (Å²) in [5.74, 6) is 3.53. The number of likely N-dealkylation sites (tertiary alicyclic amines) is 1. The molecule has 0 radical (unpaired) electrons. The summed E-state index contributed by atoms with van der Waals surface area (Å²) in [5.41, 5.74) is 0. The normalized spacial score (nSPS) is 17.8. The van der Waals surface area contributed by atoms with Crippen LogP contribution in [-0.2, 0) is 0 Å². The molecular formula is C27H34ClNO2S. The number of hydrogen-bond donors (Lipinski definition) is 0. The Balaban J connectivity index is 0.00000245. The molecule has 0 amide bonds. The summed E-state index contributed by atoms with van der Waals surface area (Å²) < 4.78 is 13.8. The fourth-order valence-corrected chi connectivity index (χ4v) is 6.28. The van der Waals surface area contributed by atoms with Gasteiger partial charge in [0.1, 0.15) is 23.9 Å². The quantitative estimate of drug-likeness (QED) is 0.348. The monoisotopic (exact) mass is 471 g/mol. The van der Waals surface area contributed by atoms with E-state index in [-0.39, 0.29) is 12.4 Å². The Morgan fingerprint density at radius 1 is 0.812 bits per heavy atom. The van der Waals surface area contributed by atoms with Crippen molar-refractivity contribution >= 4 is 33.8 Å². The Labute approximate surface area is 202 Å². The van der Waals surface area contributed by atoms with Crippen LogP contribution in [0.15, 0.2) is 48.5 Å². The van der Waals surface area contributed by atoms with Gasteiger partial charge >= 0.3 is 0 Å². The molecule has 32 heavy (non-hydrogen) atoms. The van der Waals surface area contributed by atoms with Crippen LogP contribution in [0.1, 0.15) is 62.2 Å². The van der Waals surface area contributed by atoms with E-state index in [1.165, 1.54) is 79.4 Å². The molecule has 1 aliphatic heterocycles. The third-order valence-electron chi connectivity index (χ3n) is 6.72. The molecule has 0 unspecified atom stereocenters. The lowest BCUT2D eigenvalue weighted by atomic mass is 9.88. The average Bonchev–Trinajstić information content (AvgIpc) is 3.20. The number of benzene rings is 2. The molecule has 2 aliphatic rings. The second kappa shape index (κ2) is 11.4. The summed E-state index contributed by atoms with van der Waals surface area (Å²) >= 11 is 1.92. The van der Waals surface area contributed by atoms with Gasteiger partial charge in [-0.2, -0.15) is 0 Å². The van der Waals surface area contributed by atoms with Crippen LogP contribution in [0, 0.1) is 0 Å². The molecule has 0 atom stereocenters. The molecule has 1 aromatic heterocycles. The number of ether oxygens (including phenoxy) is 2. The number of thiophene rings is 1. The Morgan fingerprint density at radius 3 is 2.28 bits per heavy atom. The van der Waals surface area contributed by atoms with E-state index in [9.17, 15) is 0 Å². The molecule has 1 aliphatic carbocycles. The molecular weight excluding hydrogens is 438 g/mol. The van der Waals surface area contributed by atoms with Gasteiger partial charge in [-0.25, -0.2) is 0 Å². The largest absolute Gasteiger partial charge is 0.492 e. The van der Waals surface area contributed by atoms with Crippen molar-refractivity contribution in [2.75, 3.05) is 26.2 Å². The van der Waals surface area contributed by atoms with Crippen LogP contribution in [0.3, 0.4) is 0 Å². The van der Waals surface area contributed by atoms with Gasteiger partial charge in [-0.1, -0.05) is 37.8 Å². The average molecular weight is 472 g/mol. The van der Waals surface area contributed by atoms with E-state index in [1.54, 1.807) is 0 Å². The van der Waals surface area contributed by atoms with Gasteiger partial charge in [0.05, 0.1) is 4.88 Å². The fourth-order valence-electron chi connectivity index (χ4n) is 4.98. The van der Waals surface area contributed by atoms with E-state index >= 15 is 0 Å². The standard InChI is InChI=1S/C27H33NO2S.ClH/c1-3-9-21(10-4-1)27-26(24-11-5-6-12-25(24)31-27)30-23-15-13-22(14-16-23)29-20-19-28-17-7-2-8-18-28;/h5-6,11-16,21H,1-4,7-10,17-20H2;1H. The van der Waals surface area contributed by atoms with E-state index in [0.29, 0.717) is 5.92 Å². The zero-order valence-corrected chi connectivity index (χ0v) is 20.4. The van der Waals surface area contributed by atoms with E-state index in [0.717, 1.165) is 30.4 Å². The summed E-state index contributed by atoms with van der Waals surface area (Å²) in [5, 5.41) is 1.25. The highest BCUT2D eigenvalue weighted by Crippen LogP contribution is 2.48. The maximum absolute atomic E-state index is 6.52. The summed E-state index contributed by atoms with van der Waals surface area (Å²) in [7, 11) is 0. The van der Waals surface area contributed by atoms with Gasteiger partial charge in [0.2, 0.25) is 0 Å². The SMILES string of the molecule is Cl.c1ccc2c(Oc3ccc(OCCN4CCCCC4)cc3)c(C3CCCCC3)sc2c1. The predicted molar refractivity (Wildman–Crippen MR) is 137 cm³/mol. The van der Waals surface area contributed by atoms with Crippen molar-refractivity contribution in [3.8, 4) is 17.2 Å². The smallest absolute Gasteiger partial charge is 0.149 e. The van der Waals surface area contributed by atoms with Crippen molar-refractivity contribution in [2.45, 2.75) is 57.3 Å². The van der Waals surface area contributed by atoms with Gasteiger partial charge in [0, 0.05) is 16.6 Å². The van der Waals surface area contributed by atoms with Crippen LogP contribution >= 0.6 is 23.7 Å². The minimum Gasteiger partial charge on any atom is -0.492 e. The lowest BCUT2D eigenvalue weighted by Crippen LogP contribution is -2.33. The summed E-state index contributed by atoms with van der Waals surface area (Å²) in [6.07, 6.45) is 10.6. The van der Waals surface area contributed by atoms with Crippen molar-refractivity contribution in [1.82, 2.24) is 4.90 Å². The van der Waals surface area contributed by atoms with E-state index in [2.05, 4.69) is 29.2 Å². The lowest BCUT2D eigenvalue weighted by Gasteiger charge is -2.26. The molecule has 0 N–H and O–H groups in total. The second-order valence-electron chi connectivity index (χ2n) is 8.95. The van der Waals surface area contributed by atoms with Gasteiger partial charge in [0.25, 0.3) is 0 Å². The van der Waals surface area contributed by atoms with Crippen LogP contribution in [-0.4, -0.2) is 31.1 Å². The first-order chi connectivity index (χ1) is 15.4. The first kappa shape index (κ1) is 23.4. The van der Waals surface area contributed by atoms with Crippen LogP contribution in [0.5, 0.6) is 17.2 Å². The molecule has 2 fully saturated rings. The van der Waals surface area contributed by atoms with Crippen molar-refractivity contribution < 1.29 is 9.47 Å². The third-order valence-corrected chi connectivity index (χ3v) is 8.03. The Hall–Kier alpha value is -1.75. The number of nitrogens with zero attached hydrogens (tertiary/aromatic N) is 1. The van der Waals surface area contributed by atoms with Crippen molar-refractivity contribution in [3.63, 3.8) is 0 Å². The minimum atomic E-state index is 0. The molecule has 5 rings (SSSR count). The summed E-state index contributed by atoms with van der Waals surface area (Å²) in [6, 6.07) is 16.8. The predicted octanol–water partition coefficient (Wildman–Crippen LogP) is 8.03. The van der Waals surface area contributed by atoms with Gasteiger partial charge in [-0.15, -0.1) is 23.7 Å². The van der Waals surface area contributed by atoms with Crippen molar-refractivity contribution in [3.05, 3.63) is 53.4 Å². The third kappa shape index (κ3) is 5.59. The zero-order valence-electron chi connectivity index (χ0n) is 18.8. The molecule has 0 spiro atoms. The topological polar surface area (TPSA) is 21.7 Å². The van der Waals surface area contributed by atoms with Crippen LogP contribution in [0.4, 0.5) is 0 Å². The van der Waals surface area contributed by atoms with E-state index < -0.39 is 0 Å². The molecule has 1 saturated heterocycles. The summed E-state index contributed by atoms with van der Waals surface area (Å²) in [4.78, 5) is 3.94. The molecule has 3 nitrogen and oxygen atoms in total. The number of piperidine rings is 1. The molecule has 1 saturated carbocycles. The molecule has 5 heteroatoms. The van der Waals surface area contributed by atoms with Crippen LogP contribution < -0.4 is 9.47 Å². The number of halogens is 1. The van der Waals surface area contributed by atoms with Crippen LogP contribution in [0.2, 0.25) is 0 Å². The number of hydrogen-bond acceptors (Lipinski definition) is 4. The molecule has 2 heterocycles. The zero-order chi connectivity index (χ0) is 20.9. The molecule has 2 aromatic carbocycles. The van der Waals surface area contributed by atoms with Gasteiger partial charge < -0.3 is 9.47 Å². The Morgan fingerprint density at radius 2 is 1.50 bits per heavy atom. The number of rotatable bonds is 7. The minimum absolute atomic E-state index is 0. The fraction of sp³-hybridized carbons (Fsp3) is 0.481. The van der Waals surface area contributed by atoms with Gasteiger partial charge in [0.15, 0.2) is 0 Å². The van der Waals surface area contributed by atoms with Crippen molar-refractivity contribution in [2.24, 2.45) is 0 Å². The first-order valence-corrected chi connectivity index (χ1v) is 12.8. The highest BCUT2D eigenvalue weighted by Gasteiger charge is 2.24. The summed E-state index contributed by atoms with van der Waals surface area (Å²) in [6.45, 7) is 4.20. The second-order valence-corrected chi connectivity index (χ2v) is 10.0. The molecule has 3 aromatic rings. The van der Waals surface area contributed by atoms with E-state index in [1.807, 2.05) is 35.6 Å². The highest BCUT2D eigenvalue weighted by molar-refractivity contribution is 7.19. The Bertz CT molecular complexity index is 975. The van der Waals surface area contributed by atoms with Gasteiger partial charge in [-0.3, -0.25) is 4.90 Å². The highest BCUT2D eigenvalue weighted by atomic mass is 35.5. The molecule has 172 valence electrons. The first-order valence-electron chi connectivity index (χ1n) is 12.0. The maximum atomic E-state index is 6.52.